The fourth-order valence-electron chi connectivity index (χ4n) is 1.67. The maximum Gasteiger partial charge on any atom is 0.245 e. The predicted octanol–water partition coefficient (Wildman–Crippen LogP) is 1.68. The molecule has 1 aliphatic rings. The number of carbonyl (C=O) groups is 1. The summed E-state index contributed by atoms with van der Waals surface area (Å²) in [6, 6.07) is 2.27. The molecular formula is C10H14N2O2S2. The van der Waals surface area contributed by atoms with Gasteiger partial charge in [0.1, 0.15) is 6.61 Å². The number of primary amides is 1. The number of nitrogens with two attached hydrogens (primary N) is 1. The van der Waals surface area contributed by atoms with Gasteiger partial charge < -0.3 is 5.73 Å². The van der Waals surface area contributed by atoms with E-state index in [0.29, 0.717) is 5.25 Å². The van der Waals surface area contributed by atoms with Crippen molar-refractivity contribution in [1.29, 1.82) is 0 Å². The van der Waals surface area contributed by atoms with Gasteiger partial charge in [-0.3, -0.25) is 9.63 Å². The van der Waals surface area contributed by atoms with Crippen LogP contribution in [0.25, 0.3) is 0 Å². The van der Waals surface area contributed by atoms with E-state index in [-0.39, 0.29) is 12.6 Å². The van der Waals surface area contributed by atoms with Crippen molar-refractivity contribution in [2.45, 2.75) is 28.8 Å². The minimum absolute atomic E-state index is 0.0858. The van der Waals surface area contributed by atoms with Gasteiger partial charge in [-0.2, -0.15) is 5.48 Å². The van der Waals surface area contributed by atoms with Crippen LogP contribution < -0.4 is 11.2 Å². The second-order valence-electron chi connectivity index (χ2n) is 3.75. The summed E-state index contributed by atoms with van der Waals surface area (Å²) in [4.78, 5) is 15.6. The van der Waals surface area contributed by atoms with Crippen molar-refractivity contribution in [3.05, 3.63) is 17.0 Å². The zero-order valence-electron chi connectivity index (χ0n) is 8.93. The maximum atomic E-state index is 10.6. The SMILES string of the molecule is C[C@H]1CC(NOCC(N)=O)c2ccsc2S1. The molecule has 0 saturated carbocycles. The van der Waals surface area contributed by atoms with Gasteiger partial charge in [-0.05, 0) is 23.4 Å². The van der Waals surface area contributed by atoms with Gasteiger partial charge in [0.15, 0.2) is 0 Å². The topological polar surface area (TPSA) is 64.3 Å². The Morgan fingerprint density at radius 2 is 2.56 bits per heavy atom. The van der Waals surface area contributed by atoms with Crippen LogP contribution in [0.1, 0.15) is 24.9 Å². The van der Waals surface area contributed by atoms with Crippen molar-refractivity contribution in [2.75, 3.05) is 6.61 Å². The lowest BCUT2D eigenvalue weighted by atomic mass is 10.1. The van der Waals surface area contributed by atoms with E-state index >= 15 is 0 Å². The average molecular weight is 258 g/mol. The van der Waals surface area contributed by atoms with E-state index in [9.17, 15) is 4.79 Å². The third-order valence-electron chi connectivity index (χ3n) is 2.35. The van der Waals surface area contributed by atoms with E-state index in [1.54, 1.807) is 11.3 Å². The predicted molar refractivity (Wildman–Crippen MR) is 65.3 cm³/mol. The third-order valence-corrected chi connectivity index (χ3v) is 4.69. The molecule has 88 valence electrons. The number of carbonyl (C=O) groups excluding carboxylic acids is 1. The molecule has 0 bridgehead atoms. The van der Waals surface area contributed by atoms with Gasteiger partial charge in [0.25, 0.3) is 0 Å². The highest BCUT2D eigenvalue weighted by Crippen LogP contribution is 2.43. The van der Waals surface area contributed by atoms with Gasteiger partial charge in [0, 0.05) is 5.25 Å². The Labute approximate surface area is 102 Å². The summed E-state index contributed by atoms with van der Waals surface area (Å²) in [5, 5.41) is 2.64. The number of fused-ring (bicyclic) bond motifs is 1. The highest BCUT2D eigenvalue weighted by molar-refractivity contribution is 8.01. The molecule has 2 heterocycles. The van der Waals surface area contributed by atoms with Crippen LogP contribution in [0.3, 0.4) is 0 Å². The molecule has 2 rings (SSSR count). The number of thiophene rings is 1. The molecule has 1 aromatic heterocycles. The van der Waals surface area contributed by atoms with E-state index in [1.165, 1.54) is 9.77 Å². The Bertz CT molecular complexity index is 381. The van der Waals surface area contributed by atoms with Crippen molar-refractivity contribution in [3.8, 4) is 0 Å². The van der Waals surface area contributed by atoms with Gasteiger partial charge in [0.05, 0.1) is 10.3 Å². The molecule has 2 atom stereocenters. The first-order valence-corrected chi connectivity index (χ1v) is 6.82. The fourth-order valence-corrected chi connectivity index (χ4v) is 4.24. The number of amides is 1. The highest BCUT2D eigenvalue weighted by Gasteiger charge is 2.26. The van der Waals surface area contributed by atoms with E-state index < -0.39 is 5.91 Å². The van der Waals surface area contributed by atoms with Crippen molar-refractivity contribution in [2.24, 2.45) is 5.73 Å². The molecule has 0 saturated heterocycles. The number of rotatable bonds is 4. The molecule has 3 N–H and O–H groups in total. The van der Waals surface area contributed by atoms with Crippen LogP contribution in [0.15, 0.2) is 15.7 Å². The number of hydrogen-bond donors (Lipinski definition) is 2. The molecule has 16 heavy (non-hydrogen) atoms. The molecule has 0 spiro atoms. The maximum absolute atomic E-state index is 10.6. The Morgan fingerprint density at radius 1 is 1.75 bits per heavy atom. The Balaban J connectivity index is 1.97. The number of thioether (sulfide) groups is 1. The van der Waals surface area contributed by atoms with Crippen molar-refractivity contribution in [3.63, 3.8) is 0 Å². The molecule has 1 aromatic rings. The third kappa shape index (κ3) is 2.76. The zero-order valence-corrected chi connectivity index (χ0v) is 10.6. The Kier molecular flexibility index (Phi) is 3.86. The number of hydrogen-bond acceptors (Lipinski definition) is 5. The summed E-state index contributed by atoms with van der Waals surface area (Å²) in [5.41, 5.74) is 9.18. The smallest absolute Gasteiger partial charge is 0.245 e. The molecule has 0 aromatic carbocycles. The van der Waals surface area contributed by atoms with Gasteiger partial charge in [-0.25, -0.2) is 0 Å². The standard InChI is InChI=1S/C10H14N2O2S2/c1-6-4-8(12-14-5-9(11)13)7-2-3-15-10(7)16-6/h2-3,6,8,12H,4-5H2,1H3,(H2,11,13)/t6-,8?/m0/s1. The van der Waals surface area contributed by atoms with Gasteiger partial charge >= 0.3 is 0 Å². The summed E-state index contributed by atoms with van der Waals surface area (Å²) in [7, 11) is 0. The number of hydroxylamine groups is 1. The molecule has 0 aliphatic carbocycles. The van der Waals surface area contributed by atoms with Crippen LogP contribution in [-0.4, -0.2) is 17.8 Å². The Hall–Kier alpha value is -0.560. The summed E-state index contributed by atoms with van der Waals surface area (Å²) in [5.74, 6) is -0.462. The molecule has 6 heteroatoms. The van der Waals surface area contributed by atoms with Crippen LogP contribution in [0.4, 0.5) is 0 Å². The first kappa shape index (κ1) is 11.9. The van der Waals surface area contributed by atoms with Crippen LogP contribution in [0.2, 0.25) is 0 Å². The second kappa shape index (κ2) is 5.18. The molecule has 0 fully saturated rings. The first-order chi connectivity index (χ1) is 7.66. The van der Waals surface area contributed by atoms with E-state index in [4.69, 9.17) is 10.6 Å². The van der Waals surface area contributed by atoms with Crippen LogP contribution >= 0.6 is 23.1 Å². The quantitative estimate of drug-likeness (QED) is 0.807. The summed E-state index contributed by atoms with van der Waals surface area (Å²) < 4.78 is 1.33. The normalized spacial score (nSPS) is 24.1. The fraction of sp³-hybridized carbons (Fsp3) is 0.500. The highest BCUT2D eigenvalue weighted by atomic mass is 32.2. The van der Waals surface area contributed by atoms with Crippen LogP contribution in [0, 0.1) is 0 Å². The lowest BCUT2D eigenvalue weighted by molar-refractivity contribution is -0.126. The molecular weight excluding hydrogens is 244 g/mol. The van der Waals surface area contributed by atoms with E-state index in [2.05, 4.69) is 23.9 Å². The zero-order chi connectivity index (χ0) is 11.5. The average Bonchev–Trinajstić information content (AvgIpc) is 2.64. The summed E-state index contributed by atoms with van der Waals surface area (Å²) >= 11 is 3.64. The molecule has 4 nitrogen and oxygen atoms in total. The molecule has 1 aliphatic heterocycles. The van der Waals surface area contributed by atoms with Crippen molar-refractivity contribution >= 4 is 29.0 Å². The molecule has 1 unspecified atom stereocenters. The Morgan fingerprint density at radius 3 is 3.31 bits per heavy atom. The second-order valence-corrected chi connectivity index (χ2v) is 6.38. The van der Waals surface area contributed by atoms with Gasteiger partial charge in [-0.1, -0.05) is 6.92 Å². The minimum atomic E-state index is -0.462. The largest absolute Gasteiger partial charge is 0.368 e. The monoisotopic (exact) mass is 258 g/mol. The van der Waals surface area contributed by atoms with Crippen LogP contribution in [-0.2, 0) is 9.63 Å². The van der Waals surface area contributed by atoms with E-state index in [1.807, 2.05) is 11.8 Å². The van der Waals surface area contributed by atoms with Crippen molar-refractivity contribution in [1.82, 2.24) is 5.48 Å². The number of nitrogens with one attached hydrogen (secondary N) is 1. The summed E-state index contributed by atoms with van der Waals surface area (Å²) in [6.45, 7) is 2.10. The van der Waals surface area contributed by atoms with Gasteiger partial charge in [0.2, 0.25) is 5.91 Å². The van der Waals surface area contributed by atoms with E-state index in [0.717, 1.165) is 6.42 Å². The minimum Gasteiger partial charge on any atom is -0.368 e. The first-order valence-electron chi connectivity index (χ1n) is 5.06. The molecule has 1 amide bonds. The molecule has 0 radical (unpaired) electrons. The lowest BCUT2D eigenvalue weighted by Gasteiger charge is -2.26. The lowest BCUT2D eigenvalue weighted by Crippen LogP contribution is -2.30. The van der Waals surface area contributed by atoms with Crippen LogP contribution in [0.5, 0.6) is 0 Å². The van der Waals surface area contributed by atoms with Gasteiger partial charge in [-0.15, -0.1) is 23.1 Å². The van der Waals surface area contributed by atoms with Crippen molar-refractivity contribution < 1.29 is 9.63 Å². The summed E-state index contributed by atoms with van der Waals surface area (Å²) in [6.07, 6.45) is 0.993.